The summed E-state index contributed by atoms with van der Waals surface area (Å²) in [5.74, 6) is 1.38. The predicted molar refractivity (Wildman–Crippen MR) is 89.5 cm³/mol. The quantitative estimate of drug-likeness (QED) is 0.947. The van der Waals surface area contributed by atoms with Gasteiger partial charge in [0.1, 0.15) is 12.7 Å². The van der Waals surface area contributed by atoms with Gasteiger partial charge in [0.15, 0.2) is 0 Å². The van der Waals surface area contributed by atoms with Crippen molar-refractivity contribution < 1.29 is 4.79 Å². The zero-order chi connectivity index (χ0) is 16.4. The van der Waals surface area contributed by atoms with Crippen LogP contribution in [0.25, 0.3) is 5.69 Å². The van der Waals surface area contributed by atoms with Gasteiger partial charge in [0.2, 0.25) is 0 Å². The monoisotopic (exact) mass is 312 g/mol. The summed E-state index contributed by atoms with van der Waals surface area (Å²) in [5, 5.41) is 7.34. The molecule has 0 bridgehead atoms. The van der Waals surface area contributed by atoms with Crippen LogP contribution in [0, 0.1) is 18.8 Å². The van der Waals surface area contributed by atoms with Gasteiger partial charge >= 0.3 is 0 Å². The van der Waals surface area contributed by atoms with Crippen LogP contribution in [0.5, 0.6) is 0 Å². The number of nitrogens with zero attached hydrogens (tertiary/aromatic N) is 3. The largest absolute Gasteiger partial charge is 0.349 e. The van der Waals surface area contributed by atoms with E-state index >= 15 is 0 Å². The molecule has 5 heteroatoms. The van der Waals surface area contributed by atoms with Gasteiger partial charge in [-0.25, -0.2) is 9.67 Å². The van der Waals surface area contributed by atoms with Gasteiger partial charge in [0.25, 0.3) is 5.91 Å². The first kappa shape index (κ1) is 15.7. The molecule has 0 aliphatic heterocycles. The van der Waals surface area contributed by atoms with Crippen LogP contribution >= 0.6 is 0 Å². The average molecular weight is 312 g/mol. The second-order valence-electron chi connectivity index (χ2n) is 6.93. The molecule has 1 aliphatic carbocycles. The molecule has 0 saturated heterocycles. The summed E-state index contributed by atoms with van der Waals surface area (Å²) in [4.78, 5) is 16.5. The highest BCUT2D eigenvalue weighted by atomic mass is 16.1. The van der Waals surface area contributed by atoms with Crippen LogP contribution in [0.4, 0.5) is 0 Å². The van der Waals surface area contributed by atoms with Crippen molar-refractivity contribution in [1.82, 2.24) is 20.1 Å². The van der Waals surface area contributed by atoms with Crippen LogP contribution in [0.2, 0.25) is 0 Å². The second kappa shape index (κ2) is 6.52. The van der Waals surface area contributed by atoms with Crippen molar-refractivity contribution in [3.8, 4) is 5.69 Å². The Morgan fingerprint density at radius 2 is 1.96 bits per heavy atom. The second-order valence-corrected chi connectivity index (χ2v) is 6.93. The molecule has 0 radical (unpaired) electrons. The molecule has 3 rings (SSSR count). The van der Waals surface area contributed by atoms with E-state index in [1.165, 1.54) is 12.7 Å². The summed E-state index contributed by atoms with van der Waals surface area (Å²) in [6, 6.07) is 5.99. The van der Waals surface area contributed by atoms with E-state index < -0.39 is 0 Å². The molecule has 23 heavy (non-hydrogen) atoms. The molecule has 1 fully saturated rings. The summed E-state index contributed by atoms with van der Waals surface area (Å²) in [6.45, 7) is 6.52. The number of nitrogens with one attached hydrogen (secondary N) is 1. The number of carbonyl (C=O) groups is 1. The lowest BCUT2D eigenvalue weighted by molar-refractivity contribution is 0.0911. The van der Waals surface area contributed by atoms with E-state index in [0.29, 0.717) is 17.4 Å². The van der Waals surface area contributed by atoms with Crippen molar-refractivity contribution in [1.29, 1.82) is 0 Å². The summed E-state index contributed by atoms with van der Waals surface area (Å²) >= 11 is 0. The number of hydrogen-bond donors (Lipinski definition) is 1. The number of carbonyl (C=O) groups excluding carboxylic acids is 1. The molecule has 1 heterocycles. The van der Waals surface area contributed by atoms with Crippen LogP contribution in [0.3, 0.4) is 0 Å². The highest BCUT2D eigenvalue weighted by Crippen LogP contribution is 2.28. The number of hydrogen-bond acceptors (Lipinski definition) is 3. The molecular formula is C18H24N4O. The predicted octanol–water partition coefficient (Wildman–Crippen LogP) is 3.13. The Labute approximate surface area is 137 Å². The van der Waals surface area contributed by atoms with E-state index in [1.54, 1.807) is 11.0 Å². The van der Waals surface area contributed by atoms with Gasteiger partial charge in [-0.05, 0) is 61.8 Å². The number of benzene rings is 1. The fraction of sp³-hybridized carbons (Fsp3) is 0.500. The third-order valence-corrected chi connectivity index (χ3v) is 4.64. The average Bonchev–Trinajstić information content (AvgIpc) is 2.99. The number of rotatable bonds is 3. The van der Waals surface area contributed by atoms with Crippen LogP contribution < -0.4 is 5.32 Å². The lowest BCUT2D eigenvalue weighted by Crippen LogP contribution is -2.40. The first-order valence-corrected chi connectivity index (χ1v) is 8.29. The number of aryl methyl sites for hydroxylation is 1. The molecule has 122 valence electrons. The molecule has 0 spiro atoms. The minimum absolute atomic E-state index is 0.0181. The van der Waals surface area contributed by atoms with Crippen molar-refractivity contribution in [3.05, 3.63) is 42.0 Å². The molecule has 1 N–H and O–H groups in total. The normalized spacial score (nSPS) is 24.4. The first-order valence-electron chi connectivity index (χ1n) is 8.29. The van der Waals surface area contributed by atoms with E-state index in [0.717, 1.165) is 24.1 Å². The third-order valence-electron chi connectivity index (χ3n) is 4.64. The van der Waals surface area contributed by atoms with Gasteiger partial charge < -0.3 is 5.32 Å². The summed E-state index contributed by atoms with van der Waals surface area (Å²) in [7, 11) is 0. The Balaban J connectivity index is 1.71. The van der Waals surface area contributed by atoms with E-state index in [4.69, 9.17) is 0 Å². The number of aromatic nitrogens is 3. The lowest BCUT2D eigenvalue weighted by atomic mass is 9.80. The molecule has 1 saturated carbocycles. The third kappa shape index (κ3) is 3.60. The van der Waals surface area contributed by atoms with Crippen LogP contribution in [0.1, 0.15) is 49.0 Å². The SMILES string of the molecule is Cc1cc(C(=O)NC2CC(C)CC(C)C2)ccc1-n1cncn1. The Morgan fingerprint density at radius 1 is 1.22 bits per heavy atom. The summed E-state index contributed by atoms with van der Waals surface area (Å²) in [5.41, 5.74) is 2.66. The minimum atomic E-state index is 0.0181. The Hall–Kier alpha value is -2.17. The van der Waals surface area contributed by atoms with Crippen molar-refractivity contribution in [2.45, 2.75) is 46.1 Å². The lowest BCUT2D eigenvalue weighted by Gasteiger charge is -2.32. The van der Waals surface area contributed by atoms with Gasteiger partial charge in [-0.3, -0.25) is 4.79 Å². The molecule has 5 nitrogen and oxygen atoms in total. The zero-order valence-corrected chi connectivity index (χ0v) is 14.0. The van der Waals surface area contributed by atoms with Crippen molar-refractivity contribution >= 4 is 5.91 Å². The van der Waals surface area contributed by atoms with E-state index in [1.807, 2.05) is 25.1 Å². The highest BCUT2D eigenvalue weighted by Gasteiger charge is 2.25. The Kier molecular flexibility index (Phi) is 4.46. The van der Waals surface area contributed by atoms with Gasteiger partial charge in [-0.15, -0.1) is 0 Å². The topological polar surface area (TPSA) is 59.8 Å². The van der Waals surface area contributed by atoms with Gasteiger partial charge in [-0.1, -0.05) is 13.8 Å². The van der Waals surface area contributed by atoms with Crippen molar-refractivity contribution in [3.63, 3.8) is 0 Å². The maximum atomic E-state index is 12.5. The van der Waals surface area contributed by atoms with Crippen LogP contribution in [-0.4, -0.2) is 26.7 Å². The van der Waals surface area contributed by atoms with Crippen molar-refractivity contribution in [2.75, 3.05) is 0 Å². The molecule has 2 unspecified atom stereocenters. The van der Waals surface area contributed by atoms with Gasteiger partial charge in [-0.2, -0.15) is 5.10 Å². The molecule has 1 amide bonds. The molecule has 1 aromatic heterocycles. The Morgan fingerprint density at radius 3 is 2.57 bits per heavy atom. The van der Waals surface area contributed by atoms with Crippen LogP contribution in [-0.2, 0) is 0 Å². The fourth-order valence-corrected chi connectivity index (χ4v) is 3.72. The molecule has 2 atom stereocenters. The fourth-order valence-electron chi connectivity index (χ4n) is 3.72. The van der Waals surface area contributed by atoms with Gasteiger partial charge in [0, 0.05) is 11.6 Å². The Bertz CT molecular complexity index is 670. The molecule has 2 aromatic rings. The first-order chi connectivity index (χ1) is 11.0. The van der Waals surface area contributed by atoms with Gasteiger partial charge in [0.05, 0.1) is 5.69 Å². The molecule has 1 aliphatic rings. The number of amides is 1. The smallest absolute Gasteiger partial charge is 0.251 e. The van der Waals surface area contributed by atoms with E-state index in [2.05, 4.69) is 29.2 Å². The molecule has 1 aromatic carbocycles. The standard InChI is InChI=1S/C18H24N4O/c1-12-6-13(2)8-16(7-12)21-18(23)15-4-5-17(14(3)9-15)22-11-19-10-20-22/h4-5,9-13,16H,6-8H2,1-3H3,(H,21,23). The van der Waals surface area contributed by atoms with E-state index in [-0.39, 0.29) is 11.9 Å². The molecular weight excluding hydrogens is 288 g/mol. The summed E-state index contributed by atoms with van der Waals surface area (Å²) < 4.78 is 1.71. The zero-order valence-electron chi connectivity index (χ0n) is 14.0. The maximum Gasteiger partial charge on any atom is 0.251 e. The van der Waals surface area contributed by atoms with Crippen LogP contribution in [0.15, 0.2) is 30.9 Å². The van der Waals surface area contributed by atoms with E-state index in [9.17, 15) is 4.79 Å². The maximum absolute atomic E-state index is 12.5. The van der Waals surface area contributed by atoms with Crippen molar-refractivity contribution in [2.24, 2.45) is 11.8 Å². The summed E-state index contributed by atoms with van der Waals surface area (Å²) in [6.07, 6.45) is 6.58. The minimum Gasteiger partial charge on any atom is -0.349 e. The highest BCUT2D eigenvalue weighted by molar-refractivity contribution is 5.94.